The van der Waals surface area contributed by atoms with E-state index in [0.717, 1.165) is 24.3 Å². The molecular formula is C24H29N5O4S. The van der Waals surface area contributed by atoms with Crippen molar-refractivity contribution in [1.29, 1.82) is 5.26 Å². The summed E-state index contributed by atoms with van der Waals surface area (Å²) in [5.41, 5.74) is 0.717. The van der Waals surface area contributed by atoms with Crippen LogP contribution in [0, 0.1) is 11.3 Å². The van der Waals surface area contributed by atoms with Gasteiger partial charge in [-0.3, -0.25) is 19.1 Å². The molecule has 10 heteroatoms. The number of hydrogen-bond donors (Lipinski definition) is 2. The first-order valence-electron chi connectivity index (χ1n) is 10.8. The van der Waals surface area contributed by atoms with Crippen LogP contribution in [0.3, 0.4) is 0 Å². The van der Waals surface area contributed by atoms with E-state index >= 15 is 0 Å². The highest BCUT2D eigenvalue weighted by Crippen LogP contribution is 2.15. The second-order valence-corrected chi connectivity index (χ2v) is 8.38. The minimum absolute atomic E-state index is 0.0337. The van der Waals surface area contributed by atoms with Crippen molar-refractivity contribution in [2.75, 3.05) is 37.4 Å². The number of nitriles is 1. The summed E-state index contributed by atoms with van der Waals surface area (Å²) in [5, 5.41) is 15.4. The molecule has 2 N–H and O–H groups in total. The van der Waals surface area contributed by atoms with Crippen LogP contribution in [-0.2, 0) is 20.9 Å². The van der Waals surface area contributed by atoms with Gasteiger partial charge < -0.3 is 15.4 Å². The molecule has 2 aromatic rings. The molecular weight excluding hydrogens is 454 g/mol. The van der Waals surface area contributed by atoms with E-state index in [4.69, 9.17) is 4.74 Å². The fraction of sp³-hybridized carbons (Fsp3) is 0.333. The van der Waals surface area contributed by atoms with Gasteiger partial charge in [-0.25, -0.2) is 4.79 Å². The minimum Gasteiger partial charge on any atom is -0.457 e. The summed E-state index contributed by atoms with van der Waals surface area (Å²) < 4.78 is 6.87. The number of aromatic nitrogens is 1. The average Bonchev–Trinajstić information content (AvgIpc) is 3.11. The van der Waals surface area contributed by atoms with Crippen LogP contribution in [0.2, 0.25) is 0 Å². The van der Waals surface area contributed by atoms with Gasteiger partial charge in [-0.15, -0.1) is 11.3 Å². The zero-order valence-electron chi connectivity index (χ0n) is 19.6. The summed E-state index contributed by atoms with van der Waals surface area (Å²) in [5.74, 6) is -0.924. The number of ether oxygens (including phenoxy) is 1. The van der Waals surface area contributed by atoms with E-state index in [9.17, 15) is 19.6 Å². The molecule has 0 saturated heterocycles. The number of carbonyl (C=O) groups is 2. The van der Waals surface area contributed by atoms with E-state index < -0.39 is 5.97 Å². The molecule has 0 bridgehead atoms. The van der Waals surface area contributed by atoms with Crippen molar-refractivity contribution in [3.05, 3.63) is 56.5 Å². The van der Waals surface area contributed by atoms with E-state index in [1.54, 1.807) is 31.2 Å². The van der Waals surface area contributed by atoms with Gasteiger partial charge in [0.25, 0.3) is 5.56 Å². The quantitative estimate of drug-likeness (QED) is 0.367. The van der Waals surface area contributed by atoms with Crippen LogP contribution in [0.15, 0.2) is 41.7 Å². The average molecular weight is 484 g/mol. The monoisotopic (exact) mass is 483 g/mol. The predicted octanol–water partition coefficient (Wildman–Crippen LogP) is 1.46. The van der Waals surface area contributed by atoms with Gasteiger partial charge in [0.15, 0.2) is 5.57 Å². The van der Waals surface area contributed by atoms with Crippen molar-refractivity contribution in [1.82, 2.24) is 9.47 Å². The Labute approximate surface area is 202 Å². The maximum Gasteiger partial charge on any atom is 0.352 e. The minimum atomic E-state index is -0.807. The van der Waals surface area contributed by atoms with Gasteiger partial charge in [-0.1, -0.05) is 25.6 Å². The van der Waals surface area contributed by atoms with Gasteiger partial charge >= 0.3 is 5.97 Å². The highest BCUT2D eigenvalue weighted by atomic mass is 32.1. The number of nitrogens with one attached hydrogen (secondary N) is 2. The molecule has 0 aliphatic heterocycles. The number of nitrogens with zero attached hydrogens (tertiary/aromatic N) is 3. The molecule has 0 saturated carbocycles. The molecule has 0 aliphatic carbocycles. The molecule has 0 unspecified atom stereocenters. The third-order valence-electron chi connectivity index (χ3n) is 4.62. The molecule has 0 fully saturated rings. The van der Waals surface area contributed by atoms with Crippen molar-refractivity contribution in [3.8, 4) is 6.07 Å². The predicted molar refractivity (Wildman–Crippen MR) is 135 cm³/mol. The Balaban J connectivity index is 2.30. The standard InChI is InChI=1S/C24H29N5O4S/c1-5-11-28(4)16-21(30)27-18-10-8-9-17(13-18)26-15-20-22(31)29(7-3)23(34-20)19(14-25)24(32)33-12-6-2/h6,8-10,13,15,26H,2,5,7,11-12,16H2,1,3-4H3,(H,27,30)/b20-15+,23-19-. The van der Waals surface area contributed by atoms with Gasteiger partial charge in [0.1, 0.15) is 21.9 Å². The summed E-state index contributed by atoms with van der Waals surface area (Å²) in [4.78, 5) is 39.2. The molecule has 0 spiro atoms. The van der Waals surface area contributed by atoms with E-state index in [1.165, 1.54) is 16.8 Å². The lowest BCUT2D eigenvalue weighted by atomic mass is 10.2. The molecule has 0 atom stereocenters. The van der Waals surface area contributed by atoms with Crippen LogP contribution in [0.25, 0.3) is 11.8 Å². The van der Waals surface area contributed by atoms with Crippen molar-refractivity contribution in [3.63, 3.8) is 0 Å². The first-order valence-corrected chi connectivity index (χ1v) is 11.6. The second-order valence-electron chi connectivity index (χ2n) is 7.35. The van der Waals surface area contributed by atoms with Gasteiger partial charge in [-0.05, 0) is 45.1 Å². The maximum absolute atomic E-state index is 12.8. The molecule has 0 aliphatic rings. The Morgan fingerprint density at radius 3 is 2.71 bits per heavy atom. The summed E-state index contributed by atoms with van der Waals surface area (Å²) >= 11 is 1.02. The lowest BCUT2D eigenvalue weighted by Crippen LogP contribution is -2.32. The van der Waals surface area contributed by atoms with Crippen LogP contribution in [0.1, 0.15) is 20.3 Å². The van der Waals surface area contributed by atoms with Crippen LogP contribution in [0.5, 0.6) is 0 Å². The number of amides is 1. The third kappa shape index (κ3) is 7.16. The Morgan fingerprint density at radius 1 is 1.32 bits per heavy atom. The number of rotatable bonds is 11. The topological polar surface area (TPSA) is 116 Å². The first kappa shape index (κ1) is 26.6. The number of benzene rings is 1. The van der Waals surface area contributed by atoms with Crippen molar-refractivity contribution in [2.45, 2.75) is 26.8 Å². The highest BCUT2D eigenvalue weighted by molar-refractivity contribution is 7.07. The van der Waals surface area contributed by atoms with E-state index in [2.05, 4.69) is 24.1 Å². The highest BCUT2D eigenvalue weighted by Gasteiger charge is 2.16. The molecule has 0 radical (unpaired) electrons. The Hall–Kier alpha value is -3.68. The maximum atomic E-state index is 12.8. The van der Waals surface area contributed by atoms with E-state index in [-0.39, 0.29) is 34.9 Å². The normalized spacial score (nSPS) is 12.1. The first-order chi connectivity index (χ1) is 16.3. The summed E-state index contributed by atoms with van der Waals surface area (Å²) in [6.07, 6.45) is 3.88. The summed E-state index contributed by atoms with van der Waals surface area (Å²) in [7, 11) is 1.89. The third-order valence-corrected chi connectivity index (χ3v) is 5.75. The number of thiazole rings is 1. The molecule has 2 rings (SSSR count). The number of carbonyl (C=O) groups excluding carboxylic acids is 2. The fourth-order valence-electron chi connectivity index (χ4n) is 3.12. The Morgan fingerprint density at radius 2 is 2.06 bits per heavy atom. The Bertz CT molecular complexity index is 1260. The van der Waals surface area contributed by atoms with Gasteiger partial charge in [0.05, 0.1) is 6.54 Å². The SMILES string of the molecule is C=CCOC(=O)/C(C#N)=c1\s/c(=C/Nc2cccc(NC(=O)CN(C)CCC)c2)c(=O)n1CC. The zero-order valence-corrected chi connectivity index (χ0v) is 20.4. The van der Waals surface area contributed by atoms with Gasteiger partial charge in [0, 0.05) is 24.1 Å². The molecule has 9 nitrogen and oxygen atoms in total. The van der Waals surface area contributed by atoms with Crippen LogP contribution < -0.4 is 25.4 Å². The molecule has 1 heterocycles. The largest absolute Gasteiger partial charge is 0.457 e. The van der Waals surface area contributed by atoms with Crippen LogP contribution in [0.4, 0.5) is 11.4 Å². The van der Waals surface area contributed by atoms with E-state index in [1.807, 2.05) is 18.0 Å². The van der Waals surface area contributed by atoms with Crippen molar-refractivity contribution in [2.24, 2.45) is 0 Å². The lowest BCUT2D eigenvalue weighted by Gasteiger charge is -2.15. The number of hydrogen-bond acceptors (Lipinski definition) is 8. The Kier molecular flexibility index (Phi) is 10.3. The van der Waals surface area contributed by atoms with Crippen LogP contribution in [-0.4, -0.2) is 48.1 Å². The molecule has 1 aromatic carbocycles. The molecule has 1 amide bonds. The number of anilines is 2. The van der Waals surface area contributed by atoms with Crippen molar-refractivity contribution >= 4 is 46.4 Å². The van der Waals surface area contributed by atoms with Crippen molar-refractivity contribution < 1.29 is 14.3 Å². The zero-order chi connectivity index (χ0) is 25.1. The summed E-state index contributed by atoms with van der Waals surface area (Å²) in [6.45, 7) is 8.66. The number of likely N-dealkylation sites (N-methyl/N-ethyl adjacent to an activating group) is 1. The fourth-order valence-corrected chi connectivity index (χ4v) is 4.20. The second kappa shape index (κ2) is 13.1. The molecule has 180 valence electrons. The van der Waals surface area contributed by atoms with Gasteiger partial charge in [-0.2, -0.15) is 5.26 Å². The smallest absolute Gasteiger partial charge is 0.352 e. The van der Waals surface area contributed by atoms with E-state index in [0.29, 0.717) is 22.5 Å². The number of esters is 1. The molecule has 34 heavy (non-hydrogen) atoms. The van der Waals surface area contributed by atoms with Crippen LogP contribution >= 0.6 is 11.3 Å². The molecule has 1 aromatic heterocycles. The summed E-state index contributed by atoms with van der Waals surface area (Å²) in [6, 6.07) is 8.95. The van der Waals surface area contributed by atoms with Gasteiger partial charge in [0.2, 0.25) is 5.91 Å². The lowest BCUT2D eigenvalue weighted by molar-refractivity contribution is -0.135.